The summed E-state index contributed by atoms with van der Waals surface area (Å²) in [6.07, 6.45) is 1.48. The summed E-state index contributed by atoms with van der Waals surface area (Å²) in [6, 6.07) is 14.2. The number of rotatable bonds is 4. The molecule has 0 radical (unpaired) electrons. The van der Waals surface area contributed by atoms with Crippen LogP contribution in [0, 0.1) is 0 Å². The SMILES string of the molecule is CC(C)(C)NNc1ncnc(Nc2cccc3ccccc23)c1N. The number of nitrogens with one attached hydrogen (secondary N) is 3. The number of hydrazine groups is 1. The summed E-state index contributed by atoms with van der Waals surface area (Å²) in [6.45, 7) is 6.14. The lowest BCUT2D eigenvalue weighted by Crippen LogP contribution is -2.40. The van der Waals surface area contributed by atoms with Gasteiger partial charge < -0.3 is 16.5 Å². The fourth-order valence-corrected chi connectivity index (χ4v) is 2.30. The molecule has 0 saturated carbocycles. The molecule has 0 amide bonds. The monoisotopic (exact) mass is 322 g/mol. The second-order valence-electron chi connectivity index (χ2n) is 6.64. The summed E-state index contributed by atoms with van der Waals surface area (Å²) in [4.78, 5) is 8.47. The predicted molar refractivity (Wildman–Crippen MR) is 100 cm³/mol. The Balaban J connectivity index is 1.90. The van der Waals surface area contributed by atoms with E-state index in [1.54, 1.807) is 0 Å². The van der Waals surface area contributed by atoms with Crippen LogP contribution >= 0.6 is 0 Å². The molecule has 0 unspecified atom stereocenters. The summed E-state index contributed by atoms with van der Waals surface area (Å²) in [7, 11) is 0. The highest BCUT2D eigenvalue weighted by molar-refractivity contribution is 5.96. The lowest BCUT2D eigenvalue weighted by Gasteiger charge is -2.22. The van der Waals surface area contributed by atoms with Crippen LogP contribution in [-0.2, 0) is 0 Å². The van der Waals surface area contributed by atoms with Crippen LogP contribution in [0.5, 0.6) is 0 Å². The summed E-state index contributed by atoms with van der Waals surface area (Å²) in [5, 5.41) is 5.58. The molecule has 5 N–H and O–H groups in total. The fraction of sp³-hybridized carbons (Fsp3) is 0.222. The van der Waals surface area contributed by atoms with Crippen molar-refractivity contribution in [1.82, 2.24) is 15.4 Å². The van der Waals surface area contributed by atoms with Gasteiger partial charge in [-0.25, -0.2) is 15.4 Å². The number of nitrogens with zero attached hydrogens (tertiary/aromatic N) is 2. The molecule has 3 rings (SSSR count). The smallest absolute Gasteiger partial charge is 0.169 e. The van der Waals surface area contributed by atoms with Crippen molar-refractivity contribution >= 4 is 33.8 Å². The van der Waals surface area contributed by atoms with Crippen molar-refractivity contribution in [3.63, 3.8) is 0 Å². The molecule has 1 heterocycles. The van der Waals surface area contributed by atoms with Gasteiger partial charge in [0.1, 0.15) is 12.0 Å². The Morgan fingerprint density at radius 2 is 1.62 bits per heavy atom. The molecule has 0 aliphatic rings. The molecule has 0 aliphatic carbocycles. The number of fused-ring (bicyclic) bond motifs is 1. The first-order chi connectivity index (χ1) is 11.4. The van der Waals surface area contributed by atoms with Gasteiger partial charge in [0.15, 0.2) is 11.6 Å². The van der Waals surface area contributed by atoms with Crippen molar-refractivity contribution in [3.8, 4) is 0 Å². The molecule has 0 fully saturated rings. The molecule has 124 valence electrons. The van der Waals surface area contributed by atoms with E-state index in [-0.39, 0.29) is 5.54 Å². The largest absolute Gasteiger partial charge is 0.393 e. The average molecular weight is 322 g/mol. The van der Waals surface area contributed by atoms with Gasteiger partial charge in [0.05, 0.1) is 0 Å². The lowest BCUT2D eigenvalue weighted by atomic mass is 10.1. The maximum absolute atomic E-state index is 6.21. The predicted octanol–water partition coefficient (Wildman–Crippen LogP) is 3.67. The van der Waals surface area contributed by atoms with E-state index in [2.05, 4.69) is 44.3 Å². The van der Waals surface area contributed by atoms with Gasteiger partial charge in [0.2, 0.25) is 0 Å². The van der Waals surface area contributed by atoms with Crippen LogP contribution in [0.3, 0.4) is 0 Å². The molecule has 3 aromatic rings. The van der Waals surface area contributed by atoms with Crippen molar-refractivity contribution in [2.75, 3.05) is 16.5 Å². The van der Waals surface area contributed by atoms with Crippen LogP contribution in [0.25, 0.3) is 10.8 Å². The van der Waals surface area contributed by atoms with Crippen LogP contribution in [0.4, 0.5) is 23.0 Å². The standard InChI is InChI=1S/C18H22N6/c1-18(2,3)24-23-17-15(19)16(20-11-21-17)22-14-10-6-8-12-7-4-5-9-13(12)14/h4-11,24H,19H2,1-3H3,(H2,20,21,22,23). The van der Waals surface area contributed by atoms with Gasteiger partial charge >= 0.3 is 0 Å². The van der Waals surface area contributed by atoms with Crippen molar-refractivity contribution in [2.24, 2.45) is 0 Å². The Morgan fingerprint density at radius 3 is 2.42 bits per heavy atom. The Bertz CT molecular complexity index is 848. The molecule has 0 atom stereocenters. The first-order valence-electron chi connectivity index (χ1n) is 7.82. The van der Waals surface area contributed by atoms with Crippen LogP contribution in [-0.4, -0.2) is 15.5 Å². The molecule has 6 heteroatoms. The number of hydrogen-bond donors (Lipinski definition) is 4. The third kappa shape index (κ3) is 3.55. The van der Waals surface area contributed by atoms with Crippen molar-refractivity contribution in [1.29, 1.82) is 0 Å². The zero-order valence-corrected chi connectivity index (χ0v) is 14.1. The molecule has 0 spiro atoms. The van der Waals surface area contributed by atoms with E-state index in [1.807, 2.05) is 45.0 Å². The molecule has 0 aliphatic heterocycles. The Morgan fingerprint density at radius 1 is 0.917 bits per heavy atom. The first kappa shape index (κ1) is 16.0. The molecule has 1 aromatic heterocycles. The highest BCUT2D eigenvalue weighted by Crippen LogP contribution is 2.29. The minimum absolute atomic E-state index is 0.111. The van der Waals surface area contributed by atoms with E-state index in [4.69, 9.17) is 5.73 Å². The first-order valence-corrected chi connectivity index (χ1v) is 7.82. The Hall–Kier alpha value is -2.86. The van der Waals surface area contributed by atoms with Crippen molar-refractivity contribution in [3.05, 3.63) is 48.8 Å². The van der Waals surface area contributed by atoms with Crippen LogP contribution in [0.2, 0.25) is 0 Å². The minimum atomic E-state index is -0.111. The summed E-state index contributed by atoms with van der Waals surface area (Å²) in [5.74, 6) is 1.11. The van der Waals surface area contributed by atoms with Gasteiger partial charge in [-0.15, -0.1) is 0 Å². The number of anilines is 4. The highest BCUT2D eigenvalue weighted by atomic mass is 15.4. The van der Waals surface area contributed by atoms with Gasteiger partial charge in [-0.1, -0.05) is 36.4 Å². The molecular weight excluding hydrogens is 300 g/mol. The number of nitrogen functional groups attached to an aromatic ring is 1. The maximum Gasteiger partial charge on any atom is 0.169 e. The van der Waals surface area contributed by atoms with E-state index in [1.165, 1.54) is 6.33 Å². The summed E-state index contributed by atoms with van der Waals surface area (Å²) in [5.41, 5.74) is 13.7. The number of hydrogen-bond acceptors (Lipinski definition) is 6. The van der Waals surface area contributed by atoms with Gasteiger partial charge in [-0.3, -0.25) is 0 Å². The molecule has 0 saturated heterocycles. The zero-order valence-electron chi connectivity index (χ0n) is 14.1. The van der Waals surface area contributed by atoms with Gasteiger partial charge in [0, 0.05) is 16.6 Å². The van der Waals surface area contributed by atoms with Gasteiger partial charge in [0.25, 0.3) is 0 Å². The number of benzene rings is 2. The minimum Gasteiger partial charge on any atom is -0.393 e. The molecule has 24 heavy (non-hydrogen) atoms. The zero-order chi connectivity index (χ0) is 17.2. The molecule has 0 bridgehead atoms. The maximum atomic E-state index is 6.21. The van der Waals surface area contributed by atoms with Gasteiger partial charge in [-0.05, 0) is 32.2 Å². The van der Waals surface area contributed by atoms with E-state index >= 15 is 0 Å². The highest BCUT2D eigenvalue weighted by Gasteiger charge is 2.13. The fourth-order valence-electron chi connectivity index (χ4n) is 2.30. The van der Waals surface area contributed by atoms with Crippen molar-refractivity contribution in [2.45, 2.75) is 26.3 Å². The number of aromatic nitrogens is 2. The van der Waals surface area contributed by atoms with E-state index in [0.717, 1.165) is 16.5 Å². The van der Waals surface area contributed by atoms with E-state index < -0.39 is 0 Å². The molecule has 6 nitrogen and oxygen atoms in total. The van der Waals surface area contributed by atoms with E-state index in [9.17, 15) is 0 Å². The molecule has 2 aromatic carbocycles. The normalized spacial score (nSPS) is 11.5. The van der Waals surface area contributed by atoms with Crippen LogP contribution < -0.4 is 21.9 Å². The van der Waals surface area contributed by atoms with E-state index in [0.29, 0.717) is 17.3 Å². The second kappa shape index (κ2) is 6.33. The van der Waals surface area contributed by atoms with Gasteiger partial charge in [-0.2, -0.15) is 0 Å². The summed E-state index contributed by atoms with van der Waals surface area (Å²) < 4.78 is 0. The quantitative estimate of drug-likeness (QED) is 0.548. The number of nitrogens with two attached hydrogens (primary N) is 1. The average Bonchev–Trinajstić information content (AvgIpc) is 2.55. The van der Waals surface area contributed by atoms with Crippen molar-refractivity contribution < 1.29 is 0 Å². The topological polar surface area (TPSA) is 87.9 Å². The Kier molecular flexibility index (Phi) is 4.22. The summed E-state index contributed by atoms with van der Waals surface area (Å²) >= 11 is 0. The van der Waals surface area contributed by atoms with Crippen LogP contribution in [0.15, 0.2) is 48.8 Å². The third-order valence-corrected chi connectivity index (χ3v) is 3.48. The second-order valence-corrected chi connectivity index (χ2v) is 6.64. The lowest BCUT2D eigenvalue weighted by molar-refractivity contribution is 0.464. The third-order valence-electron chi connectivity index (χ3n) is 3.48. The van der Waals surface area contributed by atoms with Crippen LogP contribution in [0.1, 0.15) is 20.8 Å². The molecular formula is C18H22N6. The Labute approximate surface area is 141 Å².